The molecule has 1 heterocycles. The molecular weight excluding hydrogens is 797 g/mol. The fourth-order valence-electron chi connectivity index (χ4n) is 7.68. The molecule has 0 saturated heterocycles. The molecular formula is C64H44N2. The Bertz CT molecular complexity index is 5330. The maximum atomic E-state index is 9.86. The summed E-state index contributed by atoms with van der Waals surface area (Å²) in [4.78, 5) is 0.404. The molecule has 0 atom stereocenters. The van der Waals surface area contributed by atoms with Gasteiger partial charge in [0.2, 0.25) is 0 Å². The van der Waals surface area contributed by atoms with Crippen LogP contribution in [-0.4, -0.2) is 4.57 Å². The van der Waals surface area contributed by atoms with Crippen LogP contribution in [0.5, 0.6) is 0 Å². The third-order valence-corrected chi connectivity index (χ3v) is 10.7. The summed E-state index contributed by atoms with van der Waals surface area (Å²) in [5.74, 6) is 0. The molecule has 0 amide bonds. The van der Waals surface area contributed by atoms with Crippen molar-refractivity contribution in [2.24, 2.45) is 0 Å². The quantitative estimate of drug-likeness (QED) is 0.140. The molecule has 0 fully saturated rings. The lowest BCUT2D eigenvalue weighted by Crippen LogP contribution is -2.09. The number of benzene rings is 11. The van der Waals surface area contributed by atoms with Gasteiger partial charge in [-0.25, -0.2) is 0 Å². The highest BCUT2D eigenvalue weighted by Gasteiger charge is 2.17. The lowest BCUT2D eigenvalue weighted by molar-refractivity contribution is 1.20. The van der Waals surface area contributed by atoms with Gasteiger partial charge in [-0.3, -0.25) is 0 Å². The number of fused-ring (bicyclic) bond motifs is 4. The highest BCUT2D eigenvalue weighted by Crippen LogP contribution is 2.40. The second kappa shape index (κ2) is 16.8. The van der Waals surface area contributed by atoms with E-state index in [0.717, 1.165) is 27.4 Å². The van der Waals surface area contributed by atoms with Crippen LogP contribution in [0, 0.1) is 0 Å². The standard InChI is InChI=1S/C64H44N2/c1-3-13-45(14-4-1)47-25-27-48(28-26-47)49-29-36-56(37-30-49)65(57-38-31-50(32-39-57)54-20-11-19-53(43-54)46-15-5-2-6-16-46)58-40-33-51(34-41-58)55-35-42-64-61(44-55)60-22-9-10-23-63(60)66(64)62-24-12-18-52-17-7-8-21-59(52)62/h1-44H/i1D,2D,3D,4D,5D,6D,11D,13D,14D,15D,16D,19D,20D,25D,26D,27D,28D,29D,30D,31D,32D,33D,34D,36D,37D,38D,39D,40D,41D,43D. The Kier molecular flexibility index (Phi) is 4.77. The van der Waals surface area contributed by atoms with Crippen molar-refractivity contribution in [2.75, 3.05) is 4.90 Å². The maximum Gasteiger partial charge on any atom is 0.0645 e. The van der Waals surface area contributed by atoms with Crippen LogP contribution in [0.1, 0.15) is 41.1 Å². The number of para-hydroxylation sites is 1. The zero-order valence-electron chi connectivity index (χ0n) is 64.0. The van der Waals surface area contributed by atoms with Crippen LogP contribution in [0.3, 0.4) is 0 Å². The van der Waals surface area contributed by atoms with Crippen LogP contribution in [0.15, 0.2) is 266 Å². The van der Waals surface area contributed by atoms with Crippen molar-refractivity contribution >= 4 is 49.6 Å². The first-order chi connectivity index (χ1) is 45.2. The lowest BCUT2D eigenvalue weighted by Gasteiger charge is -2.26. The molecule has 2 nitrogen and oxygen atoms in total. The topological polar surface area (TPSA) is 8.17 Å². The summed E-state index contributed by atoms with van der Waals surface area (Å²) in [5.41, 5.74) is -8.10. The van der Waals surface area contributed by atoms with Crippen LogP contribution < -0.4 is 4.90 Å². The maximum absolute atomic E-state index is 9.86. The summed E-state index contributed by atoms with van der Waals surface area (Å²) in [6.07, 6.45) is 0. The van der Waals surface area contributed by atoms with Crippen molar-refractivity contribution in [3.05, 3.63) is 266 Å². The largest absolute Gasteiger partial charge is 0.311 e. The average Bonchev–Trinajstić information content (AvgIpc) is 0.748. The number of aromatic nitrogens is 1. The minimum absolute atomic E-state index is 0.131. The van der Waals surface area contributed by atoms with E-state index in [1.54, 1.807) is 18.2 Å². The van der Waals surface area contributed by atoms with Crippen LogP contribution in [-0.2, 0) is 0 Å². The molecule has 0 unspecified atom stereocenters. The number of anilines is 3. The van der Waals surface area contributed by atoms with Crippen LogP contribution in [0.25, 0.3) is 93.9 Å². The number of nitrogens with zero attached hydrogens (tertiary/aromatic N) is 2. The van der Waals surface area contributed by atoms with Gasteiger partial charge in [-0.15, -0.1) is 0 Å². The smallest absolute Gasteiger partial charge is 0.0645 e. The van der Waals surface area contributed by atoms with Crippen molar-refractivity contribution in [3.8, 4) is 61.3 Å². The van der Waals surface area contributed by atoms with Gasteiger partial charge >= 0.3 is 0 Å². The predicted octanol–water partition coefficient (Wildman–Crippen LogP) is 17.7. The van der Waals surface area contributed by atoms with E-state index in [9.17, 15) is 20.6 Å². The third kappa shape index (κ3) is 7.21. The van der Waals surface area contributed by atoms with E-state index in [-0.39, 0.29) is 11.1 Å². The van der Waals surface area contributed by atoms with Crippen LogP contribution in [0.2, 0.25) is 0 Å². The first kappa shape index (κ1) is 18.8. The number of rotatable bonds is 9. The van der Waals surface area contributed by atoms with Crippen molar-refractivity contribution in [3.63, 3.8) is 0 Å². The highest BCUT2D eigenvalue weighted by atomic mass is 15.1. The predicted molar refractivity (Wildman–Crippen MR) is 280 cm³/mol. The van der Waals surface area contributed by atoms with Crippen molar-refractivity contribution < 1.29 is 41.1 Å². The molecule has 0 saturated carbocycles. The van der Waals surface area contributed by atoms with E-state index >= 15 is 0 Å². The molecule has 2 heteroatoms. The zero-order valence-corrected chi connectivity index (χ0v) is 34.0. The first-order valence-corrected chi connectivity index (χ1v) is 20.2. The Balaban J connectivity index is 1.13. The first-order valence-electron chi connectivity index (χ1n) is 35.2. The molecule has 0 aliphatic rings. The molecule has 310 valence electrons. The second-order valence-corrected chi connectivity index (χ2v) is 14.6. The van der Waals surface area contributed by atoms with E-state index in [4.69, 9.17) is 20.6 Å². The van der Waals surface area contributed by atoms with Gasteiger partial charge in [-0.1, -0.05) is 200 Å². The Hall–Kier alpha value is -8.72. The summed E-state index contributed by atoms with van der Waals surface area (Å²) in [7, 11) is 0. The van der Waals surface area contributed by atoms with Gasteiger partial charge in [-0.05, 0) is 128 Å². The van der Waals surface area contributed by atoms with Gasteiger partial charge < -0.3 is 9.47 Å². The summed E-state index contributed by atoms with van der Waals surface area (Å²) in [5, 5.41) is 3.21. The SMILES string of the molecule is [2H]c1c([2H])c([2H])c(-c2c([2H])c([2H])c(-c3c([2H])c([2H])c(N(c4c([2H])c([2H])c(-c5ccc6c(c5)c5ccccc5n6-c5cccc6ccccc56)c([2H])c4[2H])c4c([2H])c([2H])c(-c5c([2H])c([2H])c([2H])c(-c6c([2H])c([2H])c([2H])c([2H])c6[2H])c5[2H])c([2H])c4[2H])c([2H])c3[2H])c([2H])c2[2H])c([2H])c1[2H]. The summed E-state index contributed by atoms with van der Waals surface area (Å²) in [6, 6.07) is -5.09. The Morgan fingerprint density at radius 3 is 1.32 bits per heavy atom. The minimum atomic E-state index is -1.27. The van der Waals surface area contributed by atoms with Crippen molar-refractivity contribution in [1.82, 2.24) is 4.57 Å². The normalized spacial score (nSPS) is 17.7. The molecule has 0 aliphatic carbocycles. The minimum Gasteiger partial charge on any atom is -0.311 e. The zero-order chi connectivity index (χ0) is 69.9. The number of hydrogen-bond donors (Lipinski definition) is 0. The highest BCUT2D eigenvalue weighted by molar-refractivity contribution is 6.11. The van der Waals surface area contributed by atoms with E-state index in [1.807, 2.05) is 71.3 Å². The molecule has 11 aromatic carbocycles. The van der Waals surface area contributed by atoms with Gasteiger partial charge in [0.1, 0.15) is 0 Å². The molecule has 66 heavy (non-hydrogen) atoms. The lowest BCUT2D eigenvalue weighted by atomic mass is 9.98. The monoisotopic (exact) mass is 871 g/mol. The van der Waals surface area contributed by atoms with Crippen molar-refractivity contribution in [1.29, 1.82) is 0 Å². The Morgan fingerprint density at radius 1 is 0.303 bits per heavy atom. The third-order valence-electron chi connectivity index (χ3n) is 10.7. The van der Waals surface area contributed by atoms with E-state index in [1.165, 1.54) is 0 Å². The Labute approximate surface area is 427 Å². The van der Waals surface area contributed by atoms with Gasteiger partial charge in [-0.2, -0.15) is 0 Å². The fourth-order valence-corrected chi connectivity index (χ4v) is 7.68. The van der Waals surface area contributed by atoms with E-state index in [0.29, 0.717) is 15.8 Å². The molecule has 12 rings (SSSR count). The average molecular weight is 871 g/mol. The summed E-state index contributed by atoms with van der Waals surface area (Å²) in [6.45, 7) is 0. The fraction of sp³-hybridized carbons (Fsp3) is 0. The van der Waals surface area contributed by atoms with E-state index in [2.05, 4.69) is 0 Å². The Morgan fingerprint density at radius 2 is 0.727 bits per heavy atom. The van der Waals surface area contributed by atoms with Crippen LogP contribution >= 0.6 is 0 Å². The summed E-state index contributed by atoms with van der Waals surface area (Å²) >= 11 is 0. The number of hydrogen-bond acceptors (Lipinski definition) is 1. The molecule has 12 aromatic rings. The van der Waals surface area contributed by atoms with E-state index < -0.39 is 243 Å². The molecule has 0 bridgehead atoms. The second-order valence-electron chi connectivity index (χ2n) is 14.6. The molecule has 0 spiro atoms. The summed E-state index contributed by atoms with van der Waals surface area (Å²) < 4.78 is 275. The van der Waals surface area contributed by atoms with Gasteiger partial charge in [0.15, 0.2) is 0 Å². The molecule has 1 aromatic heterocycles. The molecule has 0 N–H and O–H groups in total. The van der Waals surface area contributed by atoms with Gasteiger partial charge in [0, 0.05) is 33.2 Å². The molecule has 0 radical (unpaired) electrons. The van der Waals surface area contributed by atoms with Crippen molar-refractivity contribution in [2.45, 2.75) is 0 Å². The van der Waals surface area contributed by atoms with Gasteiger partial charge in [0.05, 0.1) is 57.8 Å². The molecule has 0 aliphatic heterocycles. The van der Waals surface area contributed by atoms with Gasteiger partial charge in [0.25, 0.3) is 0 Å². The van der Waals surface area contributed by atoms with Crippen LogP contribution in [0.4, 0.5) is 17.1 Å².